The van der Waals surface area contributed by atoms with Crippen LogP contribution in [0.25, 0.3) is 0 Å². The quantitative estimate of drug-likeness (QED) is 0.614. The van der Waals surface area contributed by atoms with Gasteiger partial charge in [0.2, 0.25) is 11.2 Å². The van der Waals surface area contributed by atoms with E-state index in [1.807, 2.05) is 0 Å². The Bertz CT molecular complexity index is 613. The second-order valence-electron chi connectivity index (χ2n) is 5.64. The monoisotopic (exact) mass is 419 g/mol. The number of aryl methyl sites for hydroxylation is 2. The van der Waals surface area contributed by atoms with E-state index < -0.39 is 0 Å². The van der Waals surface area contributed by atoms with Crippen molar-refractivity contribution in [2.45, 2.75) is 65.2 Å². The average Bonchev–Trinajstić information content (AvgIpc) is 2.62. The van der Waals surface area contributed by atoms with E-state index >= 15 is 0 Å². The summed E-state index contributed by atoms with van der Waals surface area (Å²) < 4.78 is 0. The average molecular weight is 421 g/mol. The smallest absolute Gasteiger partial charge is 0.243 e. The molecule has 0 amide bonds. The molecule has 7 nitrogen and oxygen atoms in total. The molecule has 10 heteroatoms. The summed E-state index contributed by atoms with van der Waals surface area (Å²) in [5, 5.41) is 15.3. The summed E-state index contributed by atoms with van der Waals surface area (Å²) >= 11 is 17.2. The van der Waals surface area contributed by atoms with Crippen LogP contribution in [0, 0.1) is 0 Å². The van der Waals surface area contributed by atoms with Crippen LogP contribution >= 0.6 is 34.8 Å². The molecule has 0 atom stereocenters. The zero-order valence-electron chi connectivity index (χ0n) is 15.1. The lowest BCUT2D eigenvalue weighted by Crippen LogP contribution is -2.02. The van der Waals surface area contributed by atoms with Gasteiger partial charge in [0.15, 0.2) is 10.3 Å². The van der Waals surface area contributed by atoms with Crippen LogP contribution in [0.2, 0.25) is 15.6 Å². The number of hydrogen-bond acceptors (Lipinski definition) is 7. The molecule has 0 fully saturated rings. The van der Waals surface area contributed by atoms with Crippen LogP contribution in [0.4, 0.5) is 5.95 Å². The van der Waals surface area contributed by atoms with Crippen LogP contribution in [0.1, 0.15) is 63.8 Å². The van der Waals surface area contributed by atoms with Crippen LogP contribution in [0.5, 0.6) is 0 Å². The second kappa shape index (κ2) is 12.9. The van der Waals surface area contributed by atoms with Crippen molar-refractivity contribution in [2.24, 2.45) is 0 Å². The molecule has 0 saturated carbocycles. The van der Waals surface area contributed by atoms with Crippen LogP contribution in [-0.4, -0.2) is 30.4 Å². The van der Waals surface area contributed by atoms with Crippen molar-refractivity contribution in [1.82, 2.24) is 30.4 Å². The first-order chi connectivity index (χ1) is 12.5. The molecule has 2 N–H and O–H groups in total. The molecule has 0 spiro atoms. The van der Waals surface area contributed by atoms with Gasteiger partial charge in [-0.05, 0) is 37.3 Å². The third-order valence-electron chi connectivity index (χ3n) is 3.45. The highest BCUT2D eigenvalue weighted by Gasteiger charge is 2.05. The van der Waals surface area contributed by atoms with Crippen molar-refractivity contribution in [2.75, 3.05) is 5.73 Å². The standard InChI is InChI=1S/C8H11Cl2N3.C8H13ClN4/c2*1-2-3-4-5-6-7(9)12-13-8(10)11-6/h2-5H2,1H3;2-5H2,1H3,(H2,10,11,13). The van der Waals surface area contributed by atoms with Gasteiger partial charge in [-0.3, -0.25) is 0 Å². The highest BCUT2D eigenvalue weighted by molar-refractivity contribution is 6.30. The Morgan fingerprint density at radius 3 is 1.73 bits per heavy atom. The number of nitrogen functional groups attached to an aromatic ring is 1. The van der Waals surface area contributed by atoms with Crippen LogP contribution in [-0.2, 0) is 12.8 Å². The molecule has 0 aliphatic rings. The fourth-order valence-corrected chi connectivity index (χ4v) is 2.57. The lowest BCUT2D eigenvalue weighted by atomic mass is 10.2. The molecule has 0 saturated heterocycles. The van der Waals surface area contributed by atoms with Gasteiger partial charge in [-0.25, -0.2) is 9.97 Å². The van der Waals surface area contributed by atoms with Crippen molar-refractivity contribution in [3.05, 3.63) is 27.0 Å². The van der Waals surface area contributed by atoms with Crippen LogP contribution in [0.15, 0.2) is 0 Å². The Balaban J connectivity index is 0.000000260. The maximum atomic E-state index is 5.78. The molecule has 2 aromatic heterocycles. The SMILES string of the molecule is CCCCCc1nc(Cl)nnc1Cl.CCCCCc1nc(N)nnc1Cl. The molecule has 0 aliphatic heterocycles. The van der Waals surface area contributed by atoms with Gasteiger partial charge in [0.05, 0.1) is 11.4 Å². The lowest BCUT2D eigenvalue weighted by Gasteiger charge is -2.01. The van der Waals surface area contributed by atoms with Crippen molar-refractivity contribution in [1.29, 1.82) is 0 Å². The molecular formula is C16H24Cl3N7. The summed E-state index contributed by atoms with van der Waals surface area (Å²) in [6.07, 6.45) is 8.45. The minimum absolute atomic E-state index is 0.163. The molecule has 2 heterocycles. The zero-order chi connectivity index (χ0) is 19.4. The van der Waals surface area contributed by atoms with E-state index in [1.165, 1.54) is 19.3 Å². The first kappa shape index (κ1) is 22.7. The Kier molecular flexibility index (Phi) is 11.3. The number of unbranched alkanes of at least 4 members (excludes halogenated alkanes) is 4. The summed E-state index contributed by atoms with van der Waals surface area (Å²) in [7, 11) is 0. The van der Waals surface area contributed by atoms with E-state index in [4.69, 9.17) is 40.5 Å². The van der Waals surface area contributed by atoms with E-state index in [0.717, 1.165) is 43.5 Å². The number of halogens is 3. The van der Waals surface area contributed by atoms with Crippen molar-refractivity contribution >= 4 is 40.8 Å². The summed E-state index contributed by atoms with van der Waals surface area (Å²) in [4.78, 5) is 8.02. The minimum Gasteiger partial charge on any atom is -0.366 e. The first-order valence-corrected chi connectivity index (χ1v) is 9.80. The largest absolute Gasteiger partial charge is 0.366 e. The number of anilines is 1. The van der Waals surface area contributed by atoms with Gasteiger partial charge in [-0.1, -0.05) is 62.7 Å². The summed E-state index contributed by atoms with van der Waals surface area (Å²) in [5.41, 5.74) is 6.89. The number of aromatic nitrogens is 6. The summed E-state index contributed by atoms with van der Waals surface area (Å²) in [5.74, 6) is 0.191. The summed E-state index contributed by atoms with van der Waals surface area (Å²) in [6.45, 7) is 4.29. The van der Waals surface area contributed by atoms with E-state index in [-0.39, 0.29) is 11.2 Å². The third-order valence-corrected chi connectivity index (χ3v) is 4.20. The Labute approximate surface area is 169 Å². The molecule has 0 radical (unpaired) electrons. The van der Waals surface area contributed by atoms with E-state index in [9.17, 15) is 0 Å². The predicted octanol–water partition coefficient (Wildman–Crippen LogP) is 4.75. The van der Waals surface area contributed by atoms with E-state index in [0.29, 0.717) is 10.3 Å². The molecule has 0 aliphatic carbocycles. The van der Waals surface area contributed by atoms with Gasteiger partial charge in [0, 0.05) is 0 Å². The molecule has 2 aromatic rings. The molecule has 0 bridgehead atoms. The Morgan fingerprint density at radius 2 is 1.19 bits per heavy atom. The van der Waals surface area contributed by atoms with Gasteiger partial charge < -0.3 is 5.73 Å². The zero-order valence-corrected chi connectivity index (χ0v) is 17.3. The maximum Gasteiger partial charge on any atom is 0.243 e. The van der Waals surface area contributed by atoms with Gasteiger partial charge in [-0.15, -0.1) is 20.4 Å². The second-order valence-corrected chi connectivity index (χ2v) is 6.69. The number of nitrogens with zero attached hydrogens (tertiary/aromatic N) is 6. The predicted molar refractivity (Wildman–Crippen MR) is 106 cm³/mol. The highest BCUT2D eigenvalue weighted by Crippen LogP contribution is 2.14. The Morgan fingerprint density at radius 1 is 0.692 bits per heavy atom. The van der Waals surface area contributed by atoms with Gasteiger partial charge in [0.1, 0.15) is 0 Å². The van der Waals surface area contributed by atoms with E-state index in [2.05, 4.69) is 44.2 Å². The van der Waals surface area contributed by atoms with Crippen LogP contribution < -0.4 is 5.73 Å². The van der Waals surface area contributed by atoms with Gasteiger partial charge >= 0.3 is 0 Å². The fraction of sp³-hybridized carbons (Fsp3) is 0.625. The topological polar surface area (TPSA) is 103 Å². The summed E-state index contributed by atoms with van der Waals surface area (Å²) in [6, 6.07) is 0. The maximum absolute atomic E-state index is 5.78. The molecule has 26 heavy (non-hydrogen) atoms. The lowest BCUT2D eigenvalue weighted by molar-refractivity contribution is 0.700. The van der Waals surface area contributed by atoms with Gasteiger partial charge in [-0.2, -0.15) is 0 Å². The van der Waals surface area contributed by atoms with Crippen molar-refractivity contribution < 1.29 is 0 Å². The molecule has 0 aromatic carbocycles. The third kappa shape index (κ3) is 8.87. The van der Waals surface area contributed by atoms with Crippen molar-refractivity contribution in [3.63, 3.8) is 0 Å². The highest BCUT2D eigenvalue weighted by atomic mass is 35.5. The minimum atomic E-state index is 0.163. The number of nitrogens with two attached hydrogens (primary N) is 1. The Hall–Kier alpha value is -1.31. The molecular weight excluding hydrogens is 397 g/mol. The molecule has 2 rings (SSSR count). The van der Waals surface area contributed by atoms with Gasteiger partial charge in [0.25, 0.3) is 0 Å². The van der Waals surface area contributed by atoms with Crippen LogP contribution in [0.3, 0.4) is 0 Å². The molecule has 144 valence electrons. The normalized spacial score (nSPS) is 10.3. The molecule has 0 unspecified atom stereocenters. The first-order valence-electron chi connectivity index (χ1n) is 8.67. The number of hydrogen-bond donors (Lipinski definition) is 1. The number of rotatable bonds is 8. The fourth-order valence-electron chi connectivity index (χ4n) is 2.09. The van der Waals surface area contributed by atoms with Crippen molar-refractivity contribution in [3.8, 4) is 0 Å². The van der Waals surface area contributed by atoms with E-state index in [1.54, 1.807) is 0 Å².